The molecule has 0 aliphatic carbocycles. The number of hydrogen-bond donors (Lipinski definition) is 1. The monoisotopic (exact) mass is 235 g/mol. The zero-order valence-electron chi connectivity index (χ0n) is 12.0. The summed E-state index contributed by atoms with van der Waals surface area (Å²) >= 11 is 0. The van der Waals surface area contributed by atoms with Gasteiger partial charge in [-0.05, 0) is 38.3 Å². The maximum Gasteiger partial charge on any atom is 0.129 e. The second-order valence-corrected chi connectivity index (χ2v) is 5.28. The Balaban J connectivity index is 3.01. The molecule has 96 valence electrons. The van der Waals surface area contributed by atoms with E-state index in [1.165, 1.54) is 5.56 Å². The molecule has 3 heteroatoms. The molecule has 0 bridgehead atoms. The number of rotatable bonds is 5. The summed E-state index contributed by atoms with van der Waals surface area (Å²) in [4.78, 5) is 9.28. The highest BCUT2D eigenvalue weighted by atomic mass is 14.9. The van der Waals surface area contributed by atoms with Gasteiger partial charge in [-0.1, -0.05) is 20.8 Å². The van der Waals surface area contributed by atoms with Crippen LogP contribution in [0.1, 0.15) is 49.5 Å². The molecule has 0 spiro atoms. The molecule has 1 aromatic heterocycles. The first-order valence-corrected chi connectivity index (χ1v) is 6.44. The molecule has 0 amide bonds. The summed E-state index contributed by atoms with van der Waals surface area (Å²) in [5, 5.41) is 3.21. The molecular weight excluding hydrogens is 210 g/mol. The minimum atomic E-state index is 0.466. The number of hydrogen-bond acceptors (Lipinski definition) is 3. The van der Waals surface area contributed by atoms with E-state index in [0.29, 0.717) is 11.8 Å². The van der Waals surface area contributed by atoms with Crippen molar-refractivity contribution in [1.82, 2.24) is 15.3 Å². The van der Waals surface area contributed by atoms with Gasteiger partial charge in [0, 0.05) is 24.4 Å². The molecule has 1 atom stereocenters. The van der Waals surface area contributed by atoms with Crippen LogP contribution < -0.4 is 5.32 Å². The van der Waals surface area contributed by atoms with Crippen molar-refractivity contribution in [3.8, 4) is 0 Å². The van der Waals surface area contributed by atoms with Crippen molar-refractivity contribution >= 4 is 0 Å². The summed E-state index contributed by atoms with van der Waals surface area (Å²) < 4.78 is 0. The minimum Gasteiger partial charge on any atom is -0.319 e. The van der Waals surface area contributed by atoms with Gasteiger partial charge >= 0.3 is 0 Å². The molecule has 0 saturated heterocycles. The highest BCUT2D eigenvalue weighted by molar-refractivity contribution is 5.28. The highest BCUT2D eigenvalue weighted by Crippen LogP contribution is 2.21. The maximum absolute atomic E-state index is 4.64. The third-order valence-corrected chi connectivity index (χ3v) is 2.97. The number of nitrogens with zero attached hydrogens (tertiary/aromatic N) is 2. The van der Waals surface area contributed by atoms with Crippen molar-refractivity contribution in [2.45, 2.75) is 47.0 Å². The van der Waals surface area contributed by atoms with Crippen molar-refractivity contribution in [2.75, 3.05) is 13.6 Å². The lowest BCUT2D eigenvalue weighted by Crippen LogP contribution is -2.18. The van der Waals surface area contributed by atoms with Crippen molar-refractivity contribution in [3.63, 3.8) is 0 Å². The summed E-state index contributed by atoms with van der Waals surface area (Å²) in [6.45, 7) is 11.8. The zero-order valence-corrected chi connectivity index (χ0v) is 12.0. The van der Waals surface area contributed by atoms with Gasteiger partial charge in [0.15, 0.2) is 0 Å². The molecular formula is C14H25N3. The van der Waals surface area contributed by atoms with Crippen LogP contribution in [0.25, 0.3) is 0 Å². The van der Waals surface area contributed by atoms with Crippen LogP contribution in [0.15, 0.2) is 0 Å². The largest absolute Gasteiger partial charge is 0.319 e. The average molecular weight is 235 g/mol. The lowest BCUT2D eigenvalue weighted by atomic mass is 9.97. The first-order valence-electron chi connectivity index (χ1n) is 6.44. The Labute approximate surface area is 105 Å². The van der Waals surface area contributed by atoms with Crippen LogP contribution in [-0.4, -0.2) is 23.6 Å². The molecule has 0 aliphatic heterocycles. The molecule has 3 nitrogen and oxygen atoms in total. The molecule has 0 radical (unpaired) electrons. The van der Waals surface area contributed by atoms with Crippen LogP contribution in [0.5, 0.6) is 0 Å². The molecule has 17 heavy (non-hydrogen) atoms. The van der Waals surface area contributed by atoms with E-state index in [1.807, 2.05) is 7.05 Å². The Morgan fingerprint density at radius 2 is 1.59 bits per heavy atom. The van der Waals surface area contributed by atoms with Gasteiger partial charge in [-0.25, -0.2) is 9.97 Å². The Hall–Kier alpha value is -0.960. The van der Waals surface area contributed by atoms with E-state index in [1.54, 1.807) is 0 Å². The fraction of sp³-hybridized carbons (Fsp3) is 0.714. The van der Waals surface area contributed by atoms with E-state index in [0.717, 1.165) is 30.2 Å². The summed E-state index contributed by atoms with van der Waals surface area (Å²) in [7, 11) is 1.98. The lowest BCUT2D eigenvalue weighted by molar-refractivity contribution is 0.607. The van der Waals surface area contributed by atoms with E-state index in [-0.39, 0.29) is 0 Å². The molecule has 1 aromatic rings. The minimum absolute atomic E-state index is 0.466. The number of likely N-dealkylation sites (N-methyl/N-ethyl adjacent to an activating group) is 1. The summed E-state index contributed by atoms with van der Waals surface area (Å²) in [5.41, 5.74) is 3.57. The predicted octanol–water partition coefficient (Wildman–Crippen LogP) is 2.61. The molecule has 1 N–H and O–H groups in total. The summed E-state index contributed by atoms with van der Waals surface area (Å²) in [6, 6.07) is 0. The van der Waals surface area contributed by atoms with Gasteiger partial charge in [0.2, 0.25) is 0 Å². The van der Waals surface area contributed by atoms with Crippen LogP contribution in [0.4, 0.5) is 0 Å². The highest BCUT2D eigenvalue weighted by Gasteiger charge is 2.14. The molecule has 0 aliphatic rings. The fourth-order valence-electron chi connectivity index (χ4n) is 2.37. The SMILES string of the molecule is CNCC(C)c1c(C)nc(CC(C)C)nc1C. The smallest absolute Gasteiger partial charge is 0.129 e. The third kappa shape index (κ3) is 3.77. The van der Waals surface area contributed by atoms with Gasteiger partial charge in [-0.15, -0.1) is 0 Å². The van der Waals surface area contributed by atoms with E-state index in [4.69, 9.17) is 0 Å². The van der Waals surface area contributed by atoms with Gasteiger partial charge in [-0.3, -0.25) is 0 Å². The van der Waals surface area contributed by atoms with E-state index in [2.05, 4.69) is 49.9 Å². The normalized spacial score (nSPS) is 13.1. The van der Waals surface area contributed by atoms with Crippen LogP contribution in [0.3, 0.4) is 0 Å². The van der Waals surface area contributed by atoms with Crippen molar-refractivity contribution in [3.05, 3.63) is 22.8 Å². The first kappa shape index (κ1) is 14.1. The molecule has 0 fully saturated rings. The predicted molar refractivity (Wildman–Crippen MR) is 72.4 cm³/mol. The lowest BCUT2D eigenvalue weighted by Gasteiger charge is -2.17. The van der Waals surface area contributed by atoms with Crippen molar-refractivity contribution in [1.29, 1.82) is 0 Å². The van der Waals surface area contributed by atoms with Gasteiger partial charge < -0.3 is 5.32 Å². The summed E-state index contributed by atoms with van der Waals surface area (Å²) in [5.74, 6) is 2.05. The Morgan fingerprint density at radius 3 is 2.00 bits per heavy atom. The average Bonchev–Trinajstić information content (AvgIpc) is 2.15. The van der Waals surface area contributed by atoms with Gasteiger partial charge in [0.1, 0.15) is 5.82 Å². The molecule has 1 unspecified atom stereocenters. The van der Waals surface area contributed by atoms with Crippen LogP contribution in [0.2, 0.25) is 0 Å². The molecule has 0 saturated carbocycles. The Kier molecular flexibility index (Phi) is 5.06. The third-order valence-electron chi connectivity index (χ3n) is 2.97. The van der Waals surface area contributed by atoms with E-state index in [9.17, 15) is 0 Å². The maximum atomic E-state index is 4.64. The van der Waals surface area contributed by atoms with Gasteiger partial charge in [0.05, 0.1) is 0 Å². The van der Waals surface area contributed by atoms with Gasteiger partial charge in [0.25, 0.3) is 0 Å². The quantitative estimate of drug-likeness (QED) is 0.852. The van der Waals surface area contributed by atoms with Crippen molar-refractivity contribution in [2.24, 2.45) is 5.92 Å². The zero-order chi connectivity index (χ0) is 13.0. The topological polar surface area (TPSA) is 37.8 Å². The summed E-state index contributed by atoms with van der Waals surface area (Å²) in [6.07, 6.45) is 0.961. The molecule has 1 heterocycles. The second kappa shape index (κ2) is 6.10. The van der Waals surface area contributed by atoms with E-state index >= 15 is 0 Å². The second-order valence-electron chi connectivity index (χ2n) is 5.28. The van der Waals surface area contributed by atoms with Crippen LogP contribution >= 0.6 is 0 Å². The van der Waals surface area contributed by atoms with E-state index < -0.39 is 0 Å². The van der Waals surface area contributed by atoms with Crippen molar-refractivity contribution < 1.29 is 0 Å². The van der Waals surface area contributed by atoms with Gasteiger partial charge in [-0.2, -0.15) is 0 Å². The fourth-order valence-corrected chi connectivity index (χ4v) is 2.37. The number of aryl methyl sites for hydroxylation is 2. The molecule has 0 aromatic carbocycles. The number of nitrogens with one attached hydrogen (secondary N) is 1. The molecule has 1 rings (SSSR count). The standard InChI is InChI=1S/C14H25N3/c1-9(2)7-13-16-11(4)14(12(5)17-13)10(3)8-15-6/h9-10,15H,7-8H2,1-6H3. The van der Waals surface area contributed by atoms with Crippen LogP contribution in [-0.2, 0) is 6.42 Å². The van der Waals surface area contributed by atoms with Crippen LogP contribution in [0, 0.1) is 19.8 Å². The Bertz CT molecular complexity index is 349. The first-order chi connectivity index (χ1) is 7.95. The number of aromatic nitrogens is 2. The Morgan fingerprint density at radius 1 is 1.06 bits per heavy atom.